The maximum absolute atomic E-state index is 14.4. The highest BCUT2D eigenvalue weighted by Gasteiger charge is 2.46. The van der Waals surface area contributed by atoms with Crippen LogP contribution in [0.3, 0.4) is 0 Å². The largest absolute Gasteiger partial charge is 0.460 e. The van der Waals surface area contributed by atoms with Crippen molar-refractivity contribution >= 4 is 69.6 Å². The van der Waals surface area contributed by atoms with E-state index in [1.807, 2.05) is 87.7 Å². The summed E-state index contributed by atoms with van der Waals surface area (Å²) in [4.78, 5) is 80.5. The zero-order valence-corrected chi connectivity index (χ0v) is 45.9. The van der Waals surface area contributed by atoms with Gasteiger partial charge in [-0.05, 0) is 74.9 Å². The average molecular weight is 1090 g/mol. The third-order valence-corrected chi connectivity index (χ3v) is 15.3. The van der Waals surface area contributed by atoms with Crippen molar-refractivity contribution in [2.45, 2.75) is 105 Å². The Balaban J connectivity index is 0.831. The Morgan fingerprint density at radius 2 is 1.57 bits per heavy atom. The van der Waals surface area contributed by atoms with Gasteiger partial charge in [0.25, 0.3) is 0 Å². The van der Waals surface area contributed by atoms with Crippen molar-refractivity contribution in [3.05, 3.63) is 104 Å². The van der Waals surface area contributed by atoms with Crippen LogP contribution in [0.1, 0.15) is 97.0 Å². The number of nitrogens with one attached hydrogen (secondary N) is 3. The van der Waals surface area contributed by atoms with Crippen LogP contribution in [-0.2, 0) is 49.5 Å². The SMILES string of the molecule is Cc1ncsc1-c1ccc(CNC(=O)[C@@H]2C[C@@H](OC(=O)CCCN)CN2C(=O)[C@@H](NC(=O)COCCOCCOCCNC(=O)C[C@@H]2N=C(c3ccc(Cl)cc3)c3c(sc(C)c3C)-n3c(C)nnc32)C(C)(C)C)cc1. The minimum Gasteiger partial charge on any atom is -0.460 e. The van der Waals surface area contributed by atoms with Crippen LogP contribution >= 0.6 is 34.3 Å². The Kier molecular flexibility index (Phi) is 19.8. The Labute approximate surface area is 450 Å². The number of aromatic nitrogens is 4. The third-order valence-electron chi connectivity index (χ3n) is 12.9. The van der Waals surface area contributed by atoms with Gasteiger partial charge in [-0.2, -0.15) is 0 Å². The molecule has 0 radical (unpaired) electrons. The van der Waals surface area contributed by atoms with E-state index < -0.39 is 53.3 Å². The summed E-state index contributed by atoms with van der Waals surface area (Å²) in [5.74, 6) is -0.781. The molecule has 3 aromatic heterocycles. The monoisotopic (exact) mass is 1090 g/mol. The van der Waals surface area contributed by atoms with Crippen molar-refractivity contribution in [3.63, 3.8) is 0 Å². The fourth-order valence-electron chi connectivity index (χ4n) is 8.79. The van der Waals surface area contributed by atoms with Crippen LogP contribution in [0.25, 0.3) is 15.4 Å². The van der Waals surface area contributed by atoms with Crippen LogP contribution in [0.2, 0.25) is 5.02 Å². The lowest BCUT2D eigenvalue weighted by atomic mass is 9.85. The number of hydrogen-bond acceptors (Lipinski definition) is 16. The average Bonchev–Trinajstić information content (AvgIpc) is 4.16. The fraction of sp³-hybridized carbons (Fsp3) is 0.491. The smallest absolute Gasteiger partial charge is 0.306 e. The molecular weight excluding hydrogens is 1020 g/mol. The van der Waals surface area contributed by atoms with Gasteiger partial charge in [-0.1, -0.05) is 68.8 Å². The number of benzene rings is 2. The maximum atomic E-state index is 14.4. The minimum absolute atomic E-state index is 0.0198. The van der Waals surface area contributed by atoms with E-state index >= 15 is 0 Å². The van der Waals surface area contributed by atoms with Crippen LogP contribution < -0.4 is 21.7 Å². The van der Waals surface area contributed by atoms with Gasteiger partial charge in [0.2, 0.25) is 23.6 Å². The molecule has 4 amide bonds. The molecule has 5 N–H and O–H groups in total. The van der Waals surface area contributed by atoms with Gasteiger partial charge in [-0.3, -0.25) is 33.5 Å². The quantitative estimate of drug-likeness (QED) is 0.0417. The molecule has 1 saturated heterocycles. The summed E-state index contributed by atoms with van der Waals surface area (Å²) >= 11 is 9.44. The van der Waals surface area contributed by atoms with E-state index in [2.05, 4.69) is 45.0 Å². The van der Waals surface area contributed by atoms with Crippen molar-refractivity contribution in [2.24, 2.45) is 16.1 Å². The summed E-state index contributed by atoms with van der Waals surface area (Å²) in [6.07, 6.45) is -0.0167. The van der Waals surface area contributed by atoms with E-state index in [0.29, 0.717) is 29.6 Å². The van der Waals surface area contributed by atoms with E-state index in [1.54, 1.807) is 28.2 Å². The van der Waals surface area contributed by atoms with Crippen LogP contribution in [-0.4, -0.2) is 137 Å². The first kappa shape index (κ1) is 56.8. The number of nitrogens with two attached hydrogens (primary N) is 1. The lowest BCUT2D eigenvalue weighted by molar-refractivity contribution is -0.149. The van der Waals surface area contributed by atoms with Gasteiger partial charge in [0.1, 0.15) is 41.7 Å². The second-order valence-corrected chi connectivity index (χ2v) is 22.0. The summed E-state index contributed by atoms with van der Waals surface area (Å²) in [6, 6.07) is 12.8. The summed E-state index contributed by atoms with van der Waals surface area (Å²) in [7, 11) is 0. The number of carbonyl (C=O) groups is 5. The summed E-state index contributed by atoms with van der Waals surface area (Å²) in [5, 5.41) is 19.1. The van der Waals surface area contributed by atoms with Gasteiger partial charge < -0.3 is 45.5 Å². The molecule has 5 aromatic rings. The van der Waals surface area contributed by atoms with Crippen molar-refractivity contribution in [3.8, 4) is 15.4 Å². The fourth-order valence-corrected chi connectivity index (χ4v) is 10.9. The molecule has 0 bridgehead atoms. The number of likely N-dealkylation sites (tertiary alicyclic amines) is 1. The Morgan fingerprint density at radius 1 is 0.880 bits per heavy atom. The molecule has 22 heteroatoms. The molecule has 2 aliphatic heterocycles. The summed E-state index contributed by atoms with van der Waals surface area (Å²) in [5.41, 5.74) is 13.2. The molecule has 5 heterocycles. The molecule has 2 aromatic carbocycles. The number of rotatable bonds is 24. The molecule has 2 aliphatic rings. The van der Waals surface area contributed by atoms with Crippen molar-refractivity contribution in [1.82, 2.24) is 40.6 Å². The number of thiazole rings is 1. The predicted octanol–water partition coefficient (Wildman–Crippen LogP) is 5.89. The normalized spacial score (nSPS) is 16.6. The van der Waals surface area contributed by atoms with E-state index in [-0.39, 0.29) is 84.4 Å². The molecule has 7 rings (SSSR count). The van der Waals surface area contributed by atoms with Crippen molar-refractivity contribution < 1.29 is 42.9 Å². The summed E-state index contributed by atoms with van der Waals surface area (Å²) in [6.45, 7) is 14.9. The van der Waals surface area contributed by atoms with Gasteiger partial charge in [0, 0.05) is 47.0 Å². The maximum Gasteiger partial charge on any atom is 0.306 e. The highest BCUT2D eigenvalue weighted by molar-refractivity contribution is 7.15. The first-order valence-electron chi connectivity index (χ1n) is 25.1. The molecule has 0 unspecified atom stereocenters. The number of nitrogens with zero attached hydrogens (tertiary/aromatic N) is 6. The number of thiophene rings is 1. The molecule has 19 nitrogen and oxygen atoms in total. The summed E-state index contributed by atoms with van der Waals surface area (Å²) < 4.78 is 24.6. The zero-order chi connectivity index (χ0) is 53.8. The van der Waals surface area contributed by atoms with Crippen LogP contribution in [0.4, 0.5) is 0 Å². The van der Waals surface area contributed by atoms with E-state index in [9.17, 15) is 24.0 Å². The molecule has 75 heavy (non-hydrogen) atoms. The van der Waals surface area contributed by atoms with Gasteiger partial charge in [-0.25, -0.2) is 4.98 Å². The third kappa shape index (κ3) is 14.7. The van der Waals surface area contributed by atoms with Gasteiger partial charge in [0.05, 0.1) is 67.8 Å². The van der Waals surface area contributed by atoms with Crippen LogP contribution in [0.15, 0.2) is 59.0 Å². The number of esters is 1. The Hall–Kier alpha value is -5.94. The van der Waals surface area contributed by atoms with Gasteiger partial charge in [0.15, 0.2) is 5.82 Å². The number of halogens is 1. The number of fused-ring (bicyclic) bond motifs is 3. The minimum atomic E-state index is -1.04. The first-order valence-corrected chi connectivity index (χ1v) is 27.1. The van der Waals surface area contributed by atoms with Gasteiger partial charge >= 0.3 is 5.97 Å². The number of aliphatic imine (C=N–C) groups is 1. The number of ether oxygens (including phenoxy) is 4. The highest BCUT2D eigenvalue weighted by Crippen LogP contribution is 2.40. The predicted molar refractivity (Wildman–Crippen MR) is 287 cm³/mol. The molecule has 4 atom stereocenters. The second kappa shape index (κ2) is 26.2. The number of amides is 4. The molecule has 0 saturated carbocycles. The Bertz CT molecular complexity index is 2820. The lowest BCUT2D eigenvalue weighted by Gasteiger charge is -2.35. The molecule has 1 fully saturated rings. The van der Waals surface area contributed by atoms with Crippen molar-refractivity contribution in [2.75, 3.05) is 59.3 Å². The van der Waals surface area contributed by atoms with Crippen molar-refractivity contribution in [1.29, 1.82) is 0 Å². The standard InChI is InChI=1S/C53H67ClN10O9S2/c1-31-33(3)75-52-45(31)46(36-14-16-38(54)17-15-36)59-40(49-62-61-34(4)64(49)52)26-42(65)56-19-20-70-21-22-71-23-24-72-29-43(66)60-48(53(5,6)7)51(69)63-28-39(73-44(67)9-8-18-55)25-41(63)50(68)57-27-35-10-12-37(13-11-35)47-32(2)58-30-74-47/h10-17,30,39-41,48H,8-9,18-29,55H2,1-7H3,(H,56,65)(H,57,68)(H,60,66)/t39-,40+,41+,48-/m1/s1. The van der Waals surface area contributed by atoms with Gasteiger partial charge in [-0.15, -0.1) is 32.9 Å². The van der Waals surface area contributed by atoms with E-state index in [4.69, 9.17) is 41.3 Å². The number of hydrogen-bond donors (Lipinski definition) is 4. The van der Waals surface area contributed by atoms with Crippen LogP contribution in [0.5, 0.6) is 0 Å². The molecule has 0 aliphatic carbocycles. The van der Waals surface area contributed by atoms with E-state index in [1.165, 1.54) is 4.90 Å². The topological polar surface area (TPSA) is 244 Å². The second-order valence-electron chi connectivity index (χ2n) is 19.5. The first-order chi connectivity index (χ1) is 35.9. The molecule has 0 spiro atoms. The lowest BCUT2D eigenvalue weighted by Crippen LogP contribution is -2.58. The van der Waals surface area contributed by atoms with Crippen LogP contribution in [0, 0.1) is 33.1 Å². The molecular formula is C53H67ClN10O9S2. The molecule has 402 valence electrons. The number of carbonyl (C=O) groups excluding carboxylic acids is 5. The zero-order valence-electron chi connectivity index (χ0n) is 43.5. The van der Waals surface area contributed by atoms with E-state index in [0.717, 1.165) is 54.0 Å². The number of aryl methyl sites for hydroxylation is 3. The highest BCUT2D eigenvalue weighted by atomic mass is 35.5. The Morgan fingerprint density at radius 3 is 2.25 bits per heavy atom.